The largest absolute Gasteiger partial charge is 0.481 e. The van der Waals surface area contributed by atoms with Crippen molar-refractivity contribution in [2.75, 3.05) is 0 Å². The third kappa shape index (κ3) is 4.63. The molecular weight excluding hydrogens is 418 g/mol. The third-order valence-corrected chi connectivity index (χ3v) is 8.13. The maximum Gasteiger partial charge on any atom is 0.303 e. The Morgan fingerprint density at radius 2 is 1.76 bits per heavy atom. The highest BCUT2D eigenvalue weighted by molar-refractivity contribution is 5.90. The fraction of sp³-hybridized carbons (Fsp3) is 0.452. The van der Waals surface area contributed by atoms with Crippen molar-refractivity contribution in [2.24, 2.45) is 28.4 Å². The highest BCUT2D eigenvalue weighted by Gasteiger charge is 2.56. The summed E-state index contributed by atoms with van der Waals surface area (Å²) in [7, 11) is 0. The first-order valence-corrected chi connectivity index (χ1v) is 12.6. The second kappa shape index (κ2) is 9.54. The molecule has 0 spiro atoms. The lowest BCUT2D eigenvalue weighted by molar-refractivity contribution is -0.138. The number of nitrogens with two attached hydrogens (primary N) is 1. The van der Waals surface area contributed by atoms with E-state index in [1.807, 2.05) is 0 Å². The van der Waals surface area contributed by atoms with E-state index in [0.29, 0.717) is 5.92 Å². The number of allylic oxidation sites excluding steroid dienone is 3. The molecule has 3 heteroatoms. The maximum atomic E-state index is 11.3. The van der Waals surface area contributed by atoms with Crippen LogP contribution in [0.25, 0.3) is 11.1 Å². The fourth-order valence-corrected chi connectivity index (χ4v) is 7.08. The SMILES string of the molecule is C=C(c1ccccc1)[C@@]12CC[C@H](N)C1CC(CC(C)(C)CC(C)CC(=O)O)=C2c1ccccc1. The molecule has 2 unspecified atom stereocenters. The van der Waals surface area contributed by atoms with Gasteiger partial charge in [-0.2, -0.15) is 0 Å². The lowest BCUT2D eigenvalue weighted by atomic mass is 9.66. The van der Waals surface area contributed by atoms with E-state index in [1.165, 1.54) is 27.8 Å². The highest BCUT2D eigenvalue weighted by atomic mass is 16.4. The highest BCUT2D eigenvalue weighted by Crippen LogP contribution is 2.66. The van der Waals surface area contributed by atoms with Crippen LogP contribution in [0.1, 0.15) is 70.4 Å². The van der Waals surface area contributed by atoms with Crippen LogP contribution in [0.5, 0.6) is 0 Å². The van der Waals surface area contributed by atoms with Crippen molar-refractivity contribution in [1.82, 2.24) is 0 Å². The number of carbonyl (C=O) groups is 1. The van der Waals surface area contributed by atoms with Crippen molar-refractivity contribution in [3.63, 3.8) is 0 Å². The first-order valence-electron chi connectivity index (χ1n) is 12.6. The van der Waals surface area contributed by atoms with E-state index >= 15 is 0 Å². The zero-order valence-electron chi connectivity index (χ0n) is 20.9. The molecule has 2 aromatic rings. The van der Waals surface area contributed by atoms with Gasteiger partial charge in [0, 0.05) is 17.9 Å². The molecule has 0 saturated heterocycles. The summed E-state index contributed by atoms with van der Waals surface area (Å²) in [5, 5.41) is 9.26. The Morgan fingerprint density at radius 1 is 1.15 bits per heavy atom. The number of hydrogen-bond acceptors (Lipinski definition) is 2. The summed E-state index contributed by atoms with van der Waals surface area (Å²) < 4.78 is 0. The number of benzene rings is 2. The third-order valence-electron chi connectivity index (χ3n) is 8.13. The Labute approximate surface area is 204 Å². The average Bonchev–Trinajstić information content (AvgIpc) is 3.27. The maximum absolute atomic E-state index is 11.3. The number of aliphatic carboxylic acids is 1. The van der Waals surface area contributed by atoms with Gasteiger partial charge in [0.15, 0.2) is 0 Å². The van der Waals surface area contributed by atoms with Gasteiger partial charge in [0.25, 0.3) is 0 Å². The molecule has 0 amide bonds. The molecule has 4 atom stereocenters. The molecular formula is C31H39NO2. The van der Waals surface area contributed by atoms with Crippen LogP contribution in [0.15, 0.2) is 72.8 Å². The van der Waals surface area contributed by atoms with Gasteiger partial charge in [-0.15, -0.1) is 0 Å². The fourth-order valence-electron chi connectivity index (χ4n) is 7.08. The molecule has 0 aromatic heterocycles. The van der Waals surface area contributed by atoms with E-state index in [1.54, 1.807) is 0 Å². The van der Waals surface area contributed by atoms with Gasteiger partial charge in [0.05, 0.1) is 0 Å². The summed E-state index contributed by atoms with van der Waals surface area (Å²) in [6, 6.07) is 21.6. The van der Waals surface area contributed by atoms with E-state index in [2.05, 4.69) is 81.4 Å². The molecule has 180 valence electrons. The molecule has 2 aliphatic carbocycles. The number of rotatable bonds is 9. The predicted octanol–water partition coefficient (Wildman–Crippen LogP) is 7.20. The molecule has 0 radical (unpaired) electrons. The van der Waals surface area contributed by atoms with Gasteiger partial charge >= 0.3 is 5.97 Å². The Bertz CT molecular complexity index is 1070. The van der Waals surface area contributed by atoms with Crippen LogP contribution in [0.3, 0.4) is 0 Å². The van der Waals surface area contributed by atoms with E-state index in [4.69, 9.17) is 12.3 Å². The number of carboxylic acids is 1. The van der Waals surface area contributed by atoms with Crippen molar-refractivity contribution in [2.45, 2.75) is 65.3 Å². The Kier molecular flexibility index (Phi) is 6.87. The Morgan fingerprint density at radius 3 is 2.38 bits per heavy atom. The van der Waals surface area contributed by atoms with E-state index < -0.39 is 5.97 Å². The number of fused-ring (bicyclic) bond motifs is 1. The monoisotopic (exact) mass is 457 g/mol. The lowest BCUT2D eigenvalue weighted by Crippen LogP contribution is -2.33. The van der Waals surface area contributed by atoms with Gasteiger partial charge in [-0.05, 0) is 71.6 Å². The van der Waals surface area contributed by atoms with Crippen molar-refractivity contribution >= 4 is 17.1 Å². The molecule has 3 nitrogen and oxygen atoms in total. The molecule has 0 bridgehead atoms. The van der Waals surface area contributed by atoms with Gasteiger partial charge in [0.2, 0.25) is 0 Å². The zero-order chi connectivity index (χ0) is 24.5. The van der Waals surface area contributed by atoms with Gasteiger partial charge in [-0.25, -0.2) is 0 Å². The summed E-state index contributed by atoms with van der Waals surface area (Å²) in [5.74, 6) is -0.227. The molecule has 34 heavy (non-hydrogen) atoms. The van der Waals surface area contributed by atoms with Crippen LogP contribution in [0.4, 0.5) is 0 Å². The molecule has 0 aliphatic heterocycles. The molecule has 1 fully saturated rings. The second-order valence-corrected chi connectivity index (χ2v) is 11.4. The Hall–Kier alpha value is -2.65. The zero-order valence-corrected chi connectivity index (χ0v) is 20.9. The molecule has 2 aromatic carbocycles. The minimum Gasteiger partial charge on any atom is -0.481 e. The van der Waals surface area contributed by atoms with Gasteiger partial charge in [0.1, 0.15) is 0 Å². The summed E-state index contributed by atoms with van der Waals surface area (Å²) >= 11 is 0. The van der Waals surface area contributed by atoms with E-state index in [0.717, 1.165) is 32.1 Å². The second-order valence-electron chi connectivity index (χ2n) is 11.4. The van der Waals surface area contributed by atoms with Gasteiger partial charge in [-0.1, -0.05) is 93.6 Å². The van der Waals surface area contributed by atoms with E-state index in [-0.39, 0.29) is 29.2 Å². The minimum atomic E-state index is -0.716. The quantitative estimate of drug-likeness (QED) is 0.418. The molecule has 0 heterocycles. The normalized spacial score (nSPS) is 25.3. The first-order chi connectivity index (χ1) is 16.1. The lowest BCUT2D eigenvalue weighted by Gasteiger charge is -2.37. The average molecular weight is 458 g/mol. The summed E-state index contributed by atoms with van der Waals surface area (Å²) in [6.45, 7) is 11.3. The van der Waals surface area contributed by atoms with Crippen molar-refractivity contribution < 1.29 is 9.90 Å². The number of carboxylic acid groups (broad SMARTS) is 1. The smallest absolute Gasteiger partial charge is 0.303 e. The Balaban J connectivity index is 1.80. The minimum absolute atomic E-state index is 0.00222. The van der Waals surface area contributed by atoms with Crippen LogP contribution in [-0.4, -0.2) is 17.1 Å². The van der Waals surface area contributed by atoms with Crippen LogP contribution >= 0.6 is 0 Å². The van der Waals surface area contributed by atoms with Crippen molar-refractivity contribution in [3.05, 3.63) is 83.9 Å². The van der Waals surface area contributed by atoms with Crippen molar-refractivity contribution in [1.29, 1.82) is 0 Å². The van der Waals surface area contributed by atoms with Crippen LogP contribution < -0.4 is 5.73 Å². The van der Waals surface area contributed by atoms with Gasteiger partial charge < -0.3 is 10.8 Å². The van der Waals surface area contributed by atoms with E-state index in [9.17, 15) is 9.90 Å². The number of hydrogen-bond donors (Lipinski definition) is 2. The van der Waals surface area contributed by atoms with Crippen molar-refractivity contribution in [3.8, 4) is 0 Å². The van der Waals surface area contributed by atoms with Gasteiger partial charge in [-0.3, -0.25) is 4.79 Å². The standard InChI is InChI=1S/C31H39NO2/c1-21(17-28(33)34)19-30(3,4)20-25-18-26-27(32)15-16-31(26,22(2)23-11-7-5-8-12-23)29(25)24-13-9-6-10-14-24/h5-14,21,26-27H,2,15-20,32H2,1,3-4H3,(H,33,34)/t21?,26?,27-,31-/m0/s1. The molecule has 1 saturated carbocycles. The summed E-state index contributed by atoms with van der Waals surface area (Å²) in [6.07, 6.45) is 5.09. The predicted molar refractivity (Wildman–Crippen MR) is 141 cm³/mol. The van der Waals surface area contributed by atoms with Crippen LogP contribution in [-0.2, 0) is 4.79 Å². The summed E-state index contributed by atoms with van der Waals surface area (Å²) in [4.78, 5) is 11.3. The summed E-state index contributed by atoms with van der Waals surface area (Å²) in [5.41, 5.74) is 13.2. The molecule has 4 rings (SSSR count). The van der Waals surface area contributed by atoms with Crippen LogP contribution in [0, 0.1) is 22.7 Å². The molecule has 2 aliphatic rings. The first kappa shape index (κ1) is 24.5. The van der Waals surface area contributed by atoms with Crippen LogP contribution in [0.2, 0.25) is 0 Å². The molecule has 3 N–H and O–H groups in total. The topological polar surface area (TPSA) is 63.3 Å².